The first-order chi connectivity index (χ1) is 8.56. The van der Waals surface area contributed by atoms with Crippen LogP contribution in [0.3, 0.4) is 0 Å². The van der Waals surface area contributed by atoms with Gasteiger partial charge in [-0.25, -0.2) is 4.79 Å². The highest BCUT2D eigenvalue weighted by atomic mass is 16.5. The molecule has 0 saturated carbocycles. The fourth-order valence-corrected chi connectivity index (χ4v) is 1.85. The van der Waals surface area contributed by atoms with Crippen LogP contribution >= 0.6 is 0 Å². The Morgan fingerprint density at radius 3 is 2.33 bits per heavy atom. The van der Waals surface area contributed by atoms with E-state index in [1.807, 2.05) is 13.8 Å². The van der Waals surface area contributed by atoms with Gasteiger partial charge in [0.25, 0.3) is 5.78 Å². The van der Waals surface area contributed by atoms with Crippen molar-refractivity contribution >= 4 is 11.8 Å². The van der Waals surface area contributed by atoms with Crippen LogP contribution in [0.4, 0.5) is 0 Å². The molecule has 0 aliphatic carbocycles. The Balaban J connectivity index is 3.21. The van der Waals surface area contributed by atoms with Gasteiger partial charge in [0, 0.05) is 11.1 Å². The summed E-state index contributed by atoms with van der Waals surface area (Å²) in [5, 5.41) is 10.0. The molecule has 1 aromatic rings. The van der Waals surface area contributed by atoms with E-state index in [0.29, 0.717) is 18.4 Å². The zero-order valence-electron chi connectivity index (χ0n) is 10.9. The Hall–Kier alpha value is -1.84. The minimum absolute atomic E-state index is 0.107. The zero-order chi connectivity index (χ0) is 13.7. The Kier molecular flexibility index (Phi) is 4.89. The van der Waals surface area contributed by atoms with Gasteiger partial charge >= 0.3 is 5.97 Å². The van der Waals surface area contributed by atoms with Crippen LogP contribution in [0, 0.1) is 0 Å². The molecule has 1 N–H and O–H groups in total. The summed E-state index contributed by atoms with van der Waals surface area (Å²) in [5.74, 6) is -1.47. The van der Waals surface area contributed by atoms with E-state index < -0.39 is 11.8 Å². The molecule has 0 heterocycles. The van der Waals surface area contributed by atoms with Crippen molar-refractivity contribution in [1.82, 2.24) is 0 Å². The monoisotopic (exact) mass is 250 g/mol. The van der Waals surface area contributed by atoms with Crippen molar-refractivity contribution < 1.29 is 19.4 Å². The first-order valence-electron chi connectivity index (χ1n) is 6.11. The summed E-state index contributed by atoms with van der Waals surface area (Å²) < 4.78 is 4.68. The van der Waals surface area contributed by atoms with Crippen LogP contribution in [0.2, 0.25) is 0 Å². The van der Waals surface area contributed by atoms with Gasteiger partial charge in [-0.05, 0) is 31.4 Å². The maximum Gasteiger partial charge on any atom is 0.379 e. The van der Waals surface area contributed by atoms with Crippen LogP contribution in [-0.4, -0.2) is 23.5 Å². The summed E-state index contributed by atoms with van der Waals surface area (Å²) >= 11 is 0. The van der Waals surface area contributed by atoms with Gasteiger partial charge in [0.2, 0.25) is 0 Å². The maximum absolute atomic E-state index is 11.9. The normalized spacial score (nSPS) is 10.2. The summed E-state index contributed by atoms with van der Waals surface area (Å²) in [4.78, 5) is 23.3. The summed E-state index contributed by atoms with van der Waals surface area (Å²) in [6, 6.07) is 3.25. The van der Waals surface area contributed by atoms with Crippen molar-refractivity contribution in [2.45, 2.75) is 33.6 Å². The molecule has 0 radical (unpaired) electrons. The third-order valence-corrected chi connectivity index (χ3v) is 2.81. The number of esters is 1. The standard InChI is InChI=1S/C14H18O4/c1-4-9-7-8-11(10(5-2)12(9)15)13(16)14(17)18-6-3/h7-8,15H,4-6H2,1-3H3. The molecule has 0 aliphatic rings. The lowest BCUT2D eigenvalue weighted by atomic mass is 9.96. The van der Waals surface area contributed by atoms with E-state index in [1.54, 1.807) is 19.1 Å². The number of rotatable bonds is 5. The minimum Gasteiger partial charge on any atom is -0.507 e. The molecule has 0 spiro atoms. The van der Waals surface area contributed by atoms with Gasteiger partial charge in [-0.2, -0.15) is 0 Å². The third-order valence-electron chi connectivity index (χ3n) is 2.81. The second-order valence-electron chi connectivity index (χ2n) is 3.86. The summed E-state index contributed by atoms with van der Waals surface area (Å²) in [6.07, 6.45) is 1.16. The number of hydrogen-bond donors (Lipinski definition) is 1. The average Bonchev–Trinajstić information content (AvgIpc) is 2.37. The molecule has 0 fully saturated rings. The van der Waals surface area contributed by atoms with Crippen molar-refractivity contribution in [2.75, 3.05) is 6.61 Å². The predicted octanol–water partition coefficient (Wildman–Crippen LogP) is 2.26. The van der Waals surface area contributed by atoms with E-state index in [0.717, 1.165) is 5.56 Å². The number of phenolic OH excluding ortho intramolecular Hbond substituents is 1. The molecular weight excluding hydrogens is 232 g/mol. The van der Waals surface area contributed by atoms with E-state index in [2.05, 4.69) is 4.74 Å². The van der Waals surface area contributed by atoms with Gasteiger partial charge in [0.1, 0.15) is 5.75 Å². The number of ketones is 1. The zero-order valence-corrected chi connectivity index (χ0v) is 10.9. The van der Waals surface area contributed by atoms with Crippen molar-refractivity contribution in [3.05, 3.63) is 28.8 Å². The van der Waals surface area contributed by atoms with Crippen molar-refractivity contribution in [1.29, 1.82) is 0 Å². The summed E-state index contributed by atoms with van der Waals surface area (Å²) in [5.41, 5.74) is 1.50. The molecule has 4 nitrogen and oxygen atoms in total. The first-order valence-corrected chi connectivity index (χ1v) is 6.11. The van der Waals surface area contributed by atoms with E-state index in [1.165, 1.54) is 0 Å². The molecule has 0 aliphatic heterocycles. The fourth-order valence-electron chi connectivity index (χ4n) is 1.85. The number of Topliss-reactive ketones (excluding diaryl/α,β-unsaturated/α-hetero) is 1. The maximum atomic E-state index is 11.9. The smallest absolute Gasteiger partial charge is 0.379 e. The molecule has 98 valence electrons. The number of carbonyl (C=O) groups is 2. The van der Waals surface area contributed by atoms with E-state index >= 15 is 0 Å². The molecule has 4 heteroatoms. The number of aromatic hydroxyl groups is 1. The average molecular weight is 250 g/mol. The minimum atomic E-state index is -0.879. The molecule has 0 saturated heterocycles. The van der Waals surface area contributed by atoms with Crippen molar-refractivity contribution in [3.8, 4) is 5.75 Å². The molecule has 0 atom stereocenters. The topological polar surface area (TPSA) is 63.6 Å². The lowest BCUT2D eigenvalue weighted by Crippen LogP contribution is -2.19. The van der Waals surface area contributed by atoms with Gasteiger partial charge < -0.3 is 9.84 Å². The second kappa shape index (κ2) is 6.19. The SMILES string of the molecule is CCOC(=O)C(=O)c1ccc(CC)c(O)c1CC. The number of hydrogen-bond acceptors (Lipinski definition) is 4. The molecule has 0 bridgehead atoms. The van der Waals surface area contributed by atoms with Crippen LogP contribution in [0.1, 0.15) is 42.3 Å². The lowest BCUT2D eigenvalue weighted by Gasteiger charge is -2.11. The van der Waals surface area contributed by atoms with Gasteiger partial charge in [-0.3, -0.25) is 4.79 Å². The van der Waals surface area contributed by atoms with E-state index in [9.17, 15) is 14.7 Å². The van der Waals surface area contributed by atoms with Crippen molar-refractivity contribution in [2.24, 2.45) is 0 Å². The third kappa shape index (κ3) is 2.70. The fraction of sp³-hybridized carbons (Fsp3) is 0.429. The van der Waals surface area contributed by atoms with Gasteiger partial charge in [0.15, 0.2) is 0 Å². The predicted molar refractivity (Wildman–Crippen MR) is 67.8 cm³/mol. The molecule has 1 aromatic carbocycles. The van der Waals surface area contributed by atoms with Crippen LogP contribution in [0.5, 0.6) is 5.75 Å². The quantitative estimate of drug-likeness (QED) is 0.494. The first kappa shape index (κ1) is 14.2. The molecule has 0 unspecified atom stereocenters. The van der Waals surface area contributed by atoms with Crippen LogP contribution in [-0.2, 0) is 22.4 Å². The summed E-state index contributed by atoms with van der Waals surface area (Å²) in [6.45, 7) is 5.55. The number of benzene rings is 1. The highest BCUT2D eigenvalue weighted by Crippen LogP contribution is 2.27. The number of phenols is 1. The Bertz CT molecular complexity index is 463. The Morgan fingerprint density at radius 2 is 1.83 bits per heavy atom. The Labute approximate surface area is 107 Å². The largest absolute Gasteiger partial charge is 0.507 e. The van der Waals surface area contributed by atoms with Crippen LogP contribution < -0.4 is 0 Å². The highest BCUT2D eigenvalue weighted by molar-refractivity contribution is 6.41. The van der Waals surface area contributed by atoms with Crippen molar-refractivity contribution in [3.63, 3.8) is 0 Å². The molecule has 1 rings (SSSR count). The van der Waals surface area contributed by atoms with Gasteiger partial charge in [-0.1, -0.05) is 19.9 Å². The molecule has 0 aromatic heterocycles. The molecule has 18 heavy (non-hydrogen) atoms. The molecule has 0 amide bonds. The van der Waals surface area contributed by atoms with Gasteiger partial charge in [0.05, 0.1) is 6.61 Å². The lowest BCUT2D eigenvalue weighted by molar-refractivity contribution is -0.137. The Morgan fingerprint density at radius 1 is 1.17 bits per heavy atom. The van der Waals surface area contributed by atoms with Gasteiger partial charge in [-0.15, -0.1) is 0 Å². The van der Waals surface area contributed by atoms with Crippen LogP contribution in [0.15, 0.2) is 12.1 Å². The number of carbonyl (C=O) groups excluding carboxylic acids is 2. The summed E-state index contributed by atoms with van der Waals surface area (Å²) in [7, 11) is 0. The van der Waals surface area contributed by atoms with Crippen LogP contribution in [0.25, 0.3) is 0 Å². The van der Waals surface area contributed by atoms with E-state index in [-0.39, 0.29) is 17.9 Å². The van der Waals surface area contributed by atoms with E-state index in [4.69, 9.17) is 0 Å². The highest BCUT2D eigenvalue weighted by Gasteiger charge is 2.22. The number of aryl methyl sites for hydroxylation is 1. The molecular formula is C14H18O4. The number of ether oxygens (including phenoxy) is 1. The second-order valence-corrected chi connectivity index (χ2v) is 3.86.